The molecule has 0 atom stereocenters. The Morgan fingerprint density at radius 2 is 2.00 bits per heavy atom. The first-order valence-electron chi connectivity index (χ1n) is 9.82. The molecule has 31 heavy (non-hydrogen) atoms. The summed E-state index contributed by atoms with van der Waals surface area (Å²) in [5.74, 6) is 0.234. The minimum Gasteiger partial charge on any atom is -0.354 e. The number of nitrogens with zero attached hydrogens (tertiary/aromatic N) is 4. The summed E-state index contributed by atoms with van der Waals surface area (Å²) in [6, 6.07) is 13.6. The normalized spacial score (nSPS) is 10.9. The molecular formula is C23H21ClFN5O. The minimum absolute atomic E-state index is 0.130. The maximum absolute atomic E-state index is 13.3. The van der Waals surface area contributed by atoms with Crippen molar-refractivity contribution in [3.63, 3.8) is 0 Å². The number of rotatable bonds is 7. The van der Waals surface area contributed by atoms with Crippen molar-refractivity contribution in [3.05, 3.63) is 83.5 Å². The fraction of sp³-hybridized carbons (Fsp3) is 0.174. The number of hydrogen-bond donors (Lipinski definition) is 1. The van der Waals surface area contributed by atoms with Gasteiger partial charge in [-0.25, -0.2) is 9.37 Å². The maximum atomic E-state index is 13.3. The van der Waals surface area contributed by atoms with E-state index in [1.54, 1.807) is 23.0 Å². The summed E-state index contributed by atoms with van der Waals surface area (Å²) in [4.78, 5) is 16.6. The van der Waals surface area contributed by atoms with Crippen LogP contribution >= 0.6 is 11.6 Å². The zero-order valence-electron chi connectivity index (χ0n) is 16.9. The molecule has 0 saturated heterocycles. The van der Waals surface area contributed by atoms with Gasteiger partial charge in [-0.3, -0.25) is 9.48 Å². The van der Waals surface area contributed by atoms with E-state index >= 15 is 0 Å². The Kier molecular flexibility index (Phi) is 6.13. The molecule has 158 valence electrons. The first-order valence-corrected chi connectivity index (χ1v) is 10.2. The molecule has 0 aliphatic rings. The van der Waals surface area contributed by atoms with Crippen LogP contribution in [0.3, 0.4) is 0 Å². The van der Waals surface area contributed by atoms with E-state index in [4.69, 9.17) is 16.7 Å². The molecule has 2 heterocycles. The predicted octanol–water partition coefficient (Wildman–Crippen LogP) is 4.10. The molecule has 1 N–H and O–H groups in total. The Morgan fingerprint density at radius 1 is 1.19 bits per heavy atom. The van der Waals surface area contributed by atoms with Crippen molar-refractivity contribution in [1.29, 1.82) is 0 Å². The molecule has 8 heteroatoms. The van der Waals surface area contributed by atoms with Crippen LogP contribution in [0.2, 0.25) is 5.02 Å². The predicted molar refractivity (Wildman–Crippen MR) is 118 cm³/mol. The number of nitrogens with one attached hydrogen (secondary N) is 1. The lowest BCUT2D eigenvalue weighted by Crippen LogP contribution is -2.28. The molecule has 0 saturated carbocycles. The monoisotopic (exact) mass is 437 g/mol. The lowest BCUT2D eigenvalue weighted by Gasteiger charge is -2.06. The van der Waals surface area contributed by atoms with Gasteiger partial charge in [-0.15, -0.1) is 0 Å². The van der Waals surface area contributed by atoms with Gasteiger partial charge in [0.15, 0.2) is 5.82 Å². The third-order valence-corrected chi connectivity index (χ3v) is 5.12. The van der Waals surface area contributed by atoms with Crippen molar-refractivity contribution in [3.8, 4) is 22.6 Å². The number of carbonyl (C=O) groups excluding carboxylic acids is 1. The van der Waals surface area contributed by atoms with E-state index in [0.29, 0.717) is 23.7 Å². The van der Waals surface area contributed by atoms with E-state index in [-0.39, 0.29) is 18.1 Å². The number of benzene rings is 2. The average molecular weight is 438 g/mol. The van der Waals surface area contributed by atoms with Crippen LogP contribution in [-0.4, -0.2) is 31.8 Å². The highest BCUT2D eigenvalue weighted by Gasteiger charge is 2.16. The molecule has 1 amide bonds. The van der Waals surface area contributed by atoms with Gasteiger partial charge in [0, 0.05) is 42.8 Å². The zero-order chi connectivity index (χ0) is 21.8. The van der Waals surface area contributed by atoms with Gasteiger partial charge in [-0.1, -0.05) is 35.9 Å². The smallest absolute Gasteiger partial charge is 0.224 e. The summed E-state index contributed by atoms with van der Waals surface area (Å²) in [6.45, 7) is 0.885. The van der Waals surface area contributed by atoms with Gasteiger partial charge in [-0.05, 0) is 35.4 Å². The maximum Gasteiger partial charge on any atom is 0.224 e. The first-order chi connectivity index (χ1) is 15.0. The Hall–Kier alpha value is -3.45. The number of imidazole rings is 1. The Bertz CT molecular complexity index is 1200. The molecule has 0 bridgehead atoms. The number of hydrogen-bond acceptors (Lipinski definition) is 3. The molecule has 0 spiro atoms. The van der Waals surface area contributed by atoms with Crippen LogP contribution in [0.15, 0.2) is 67.1 Å². The summed E-state index contributed by atoms with van der Waals surface area (Å²) in [6.07, 6.45) is 5.66. The van der Waals surface area contributed by atoms with E-state index in [2.05, 4.69) is 10.3 Å². The van der Waals surface area contributed by atoms with E-state index in [1.165, 1.54) is 12.1 Å². The van der Waals surface area contributed by atoms with Crippen LogP contribution in [0.1, 0.15) is 5.56 Å². The van der Waals surface area contributed by atoms with Gasteiger partial charge in [0.1, 0.15) is 11.5 Å². The standard InChI is InChI=1S/C23H21ClFN5O/c1-29-11-9-27-23(29)22-20(17-5-7-18(24)8-6-17)15-30(28-22)12-10-26-21(31)14-16-3-2-4-19(25)13-16/h2-9,11,13,15H,10,12,14H2,1H3,(H,26,31). The molecule has 0 aliphatic carbocycles. The second-order valence-corrected chi connectivity index (χ2v) is 7.62. The fourth-order valence-corrected chi connectivity index (χ4v) is 3.47. The van der Waals surface area contributed by atoms with Crippen molar-refractivity contribution in [1.82, 2.24) is 24.6 Å². The fourth-order valence-electron chi connectivity index (χ4n) is 3.34. The van der Waals surface area contributed by atoms with Gasteiger partial charge >= 0.3 is 0 Å². The molecular weight excluding hydrogens is 417 g/mol. The number of aryl methyl sites for hydroxylation is 1. The van der Waals surface area contributed by atoms with E-state index in [1.807, 2.05) is 48.3 Å². The summed E-state index contributed by atoms with van der Waals surface area (Å²) in [7, 11) is 1.92. The van der Waals surface area contributed by atoms with E-state index < -0.39 is 0 Å². The lowest BCUT2D eigenvalue weighted by molar-refractivity contribution is -0.120. The van der Waals surface area contributed by atoms with Crippen molar-refractivity contribution in [2.75, 3.05) is 6.54 Å². The summed E-state index contributed by atoms with van der Waals surface area (Å²) in [5.41, 5.74) is 3.29. The van der Waals surface area contributed by atoms with Crippen LogP contribution in [0.25, 0.3) is 22.6 Å². The van der Waals surface area contributed by atoms with Crippen molar-refractivity contribution >= 4 is 17.5 Å². The Labute approximate surface area is 184 Å². The highest BCUT2D eigenvalue weighted by Crippen LogP contribution is 2.30. The highest BCUT2D eigenvalue weighted by atomic mass is 35.5. The molecule has 0 unspecified atom stereocenters. The SMILES string of the molecule is Cn1ccnc1-c1nn(CCNC(=O)Cc2cccc(F)c2)cc1-c1ccc(Cl)cc1. The first kappa shape index (κ1) is 20.8. The number of halogens is 2. The second-order valence-electron chi connectivity index (χ2n) is 7.18. The summed E-state index contributed by atoms with van der Waals surface area (Å²) >= 11 is 6.04. The third-order valence-electron chi connectivity index (χ3n) is 4.87. The number of carbonyl (C=O) groups is 1. The minimum atomic E-state index is -0.349. The van der Waals surface area contributed by atoms with Gasteiger partial charge < -0.3 is 9.88 Å². The van der Waals surface area contributed by atoms with Crippen molar-refractivity contribution in [2.45, 2.75) is 13.0 Å². The Balaban J connectivity index is 1.48. The summed E-state index contributed by atoms with van der Waals surface area (Å²) < 4.78 is 17.0. The van der Waals surface area contributed by atoms with Gasteiger partial charge in [0.2, 0.25) is 5.91 Å². The van der Waals surface area contributed by atoms with Gasteiger partial charge in [0.05, 0.1) is 13.0 Å². The quantitative estimate of drug-likeness (QED) is 0.473. The number of amides is 1. The molecule has 4 aromatic rings. The van der Waals surface area contributed by atoms with Crippen LogP contribution in [0.4, 0.5) is 4.39 Å². The van der Waals surface area contributed by atoms with Crippen LogP contribution in [0, 0.1) is 5.82 Å². The van der Waals surface area contributed by atoms with Crippen LogP contribution in [0.5, 0.6) is 0 Å². The molecule has 0 aliphatic heterocycles. The number of aromatic nitrogens is 4. The molecule has 0 fully saturated rings. The van der Waals surface area contributed by atoms with E-state index in [0.717, 1.165) is 22.6 Å². The van der Waals surface area contributed by atoms with E-state index in [9.17, 15) is 9.18 Å². The zero-order valence-corrected chi connectivity index (χ0v) is 17.7. The topological polar surface area (TPSA) is 64.7 Å². The third kappa shape index (κ3) is 5.00. The highest BCUT2D eigenvalue weighted by molar-refractivity contribution is 6.30. The molecule has 2 aromatic carbocycles. The van der Waals surface area contributed by atoms with Crippen LogP contribution < -0.4 is 5.32 Å². The van der Waals surface area contributed by atoms with Crippen molar-refractivity contribution in [2.24, 2.45) is 7.05 Å². The van der Waals surface area contributed by atoms with Gasteiger partial charge in [-0.2, -0.15) is 5.10 Å². The molecule has 4 rings (SSSR count). The average Bonchev–Trinajstić information content (AvgIpc) is 3.34. The van der Waals surface area contributed by atoms with Crippen molar-refractivity contribution < 1.29 is 9.18 Å². The molecule has 2 aromatic heterocycles. The molecule has 6 nitrogen and oxygen atoms in total. The molecule has 0 radical (unpaired) electrons. The van der Waals surface area contributed by atoms with Gasteiger partial charge in [0.25, 0.3) is 0 Å². The Morgan fingerprint density at radius 3 is 2.71 bits per heavy atom. The van der Waals surface area contributed by atoms with Crippen LogP contribution in [-0.2, 0) is 24.8 Å². The second kappa shape index (κ2) is 9.14. The lowest BCUT2D eigenvalue weighted by atomic mass is 10.1. The summed E-state index contributed by atoms with van der Waals surface area (Å²) in [5, 5.41) is 8.23. The largest absolute Gasteiger partial charge is 0.354 e.